The van der Waals surface area contributed by atoms with Gasteiger partial charge in [-0.15, -0.1) is 0 Å². The fourth-order valence-electron chi connectivity index (χ4n) is 4.28. The van der Waals surface area contributed by atoms with Crippen LogP contribution in [0.4, 0.5) is 10.5 Å². The summed E-state index contributed by atoms with van der Waals surface area (Å²) in [7, 11) is 0. The van der Waals surface area contributed by atoms with E-state index >= 15 is 0 Å². The maximum Gasteiger partial charge on any atom is 0.319 e. The van der Waals surface area contributed by atoms with Gasteiger partial charge in [-0.05, 0) is 52.3 Å². The molecule has 2 atom stereocenters. The van der Waals surface area contributed by atoms with Gasteiger partial charge >= 0.3 is 6.03 Å². The number of hydrogen-bond donors (Lipinski definition) is 2. The van der Waals surface area contributed by atoms with Crippen molar-refractivity contribution in [1.29, 1.82) is 0 Å². The molecule has 2 saturated heterocycles. The molecule has 0 saturated carbocycles. The molecular formula is C20H30N6O2. The zero-order valence-corrected chi connectivity index (χ0v) is 16.7. The third-order valence-corrected chi connectivity index (χ3v) is 5.77. The molecule has 2 N–H and O–H groups in total. The van der Waals surface area contributed by atoms with Crippen molar-refractivity contribution < 1.29 is 9.53 Å². The van der Waals surface area contributed by atoms with Crippen molar-refractivity contribution in [2.75, 3.05) is 38.2 Å². The molecule has 28 heavy (non-hydrogen) atoms. The predicted molar refractivity (Wildman–Crippen MR) is 108 cm³/mol. The number of anilines is 1. The van der Waals surface area contributed by atoms with E-state index in [1.807, 2.05) is 10.7 Å². The Morgan fingerprint density at radius 1 is 1.32 bits per heavy atom. The van der Waals surface area contributed by atoms with E-state index in [9.17, 15) is 4.79 Å². The lowest BCUT2D eigenvalue weighted by Crippen LogP contribution is -2.48. The highest BCUT2D eigenvalue weighted by Gasteiger charge is 2.32. The lowest BCUT2D eigenvalue weighted by molar-refractivity contribution is 0.135. The molecule has 0 aliphatic carbocycles. The van der Waals surface area contributed by atoms with Crippen LogP contribution in [0, 0.1) is 5.92 Å². The predicted octanol–water partition coefficient (Wildman–Crippen LogP) is 2.63. The quantitative estimate of drug-likeness (QED) is 0.797. The lowest BCUT2D eigenvalue weighted by Gasteiger charge is -2.31. The molecule has 4 rings (SSSR count). The van der Waals surface area contributed by atoms with Crippen molar-refractivity contribution in [3.8, 4) is 0 Å². The van der Waals surface area contributed by atoms with E-state index in [1.165, 1.54) is 12.8 Å². The molecule has 0 aromatic carbocycles. The van der Waals surface area contributed by atoms with Crippen LogP contribution < -0.4 is 10.6 Å². The maximum atomic E-state index is 12.5. The minimum Gasteiger partial charge on any atom is -0.381 e. The van der Waals surface area contributed by atoms with E-state index in [0.717, 1.165) is 43.8 Å². The van der Waals surface area contributed by atoms with E-state index in [0.29, 0.717) is 24.2 Å². The first kappa shape index (κ1) is 19.1. The van der Waals surface area contributed by atoms with Crippen LogP contribution in [0.2, 0.25) is 0 Å². The van der Waals surface area contributed by atoms with Gasteiger partial charge in [-0.3, -0.25) is 4.90 Å². The zero-order valence-electron chi connectivity index (χ0n) is 16.7. The van der Waals surface area contributed by atoms with Crippen LogP contribution in [0.15, 0.2) is 18.5 Å². The minimum atomic E-state index is -0.194. The number of fused-ring (bicyclic) bond motifs is 1. The molecule has 0 spiro atoms. The second-order valence-electron chi connectivity index (χ2n) is 8.09. The molecule has 2 aliphatic heterocycles. The first-order valence-electron chi connectivity index (χ1n) is 10.3. The molecule has 2 aromatic rings. The number of pyridine rings is 1. The third kappa shape index (κ3) is 4.12. The molecule has 2 fully saturated rings. The molecule has 152 valence electrons. The minimum absolute atomic E-state index is 0.194. The van der Waals surface area contributed by atoms with Crippen molar-refractivity contribution >= 4 is 22.8 Å². The van der Waals surface area contributed by atoms with Gasteiger partial charge < -0.3 is 15.4 Å². The van der Waals surface area contributed by atoms with Gasteiger partial charge in [-0.2, -0.15) is 5.10 Å². The van der Waals surface area contributed by atoms with Gasteiger partial charge in [0.15, 0.2) is 5.65 Å². The second kappa shape index (κ2) is 8.45. The highest BCUT2D eigenvalue weighted by atomic mass is 16.5. The largest absolute Gasteiger partial charge is 0.381 e. The number of amides is 2. The van der Waals surface area contributed by atoms with Crippen LogP contribution in [-0.4, -0.2) is 64.6 Å². The summed E-state index contributed by atoms with van der Waals surface area (Å²) in [5.74, 6) is 0.498. The van der Waals surface area contributed by atoms with Gasteiger partial charge in [-0.25, -0.2) is 14.5 Å². The number of nitrogens with zero attached hydrogens (tertiary/aromatic N) is 4. The molecule has 2 unspecified atom stereocenters. The van der Waals surface area contributed by atoms with Gasteiger partial charge in [0, 0.05) is 36.5 Å². The van der Waals surface area contributed by atoms with Crippen LogP contribution in [0.3, 0.4) is 0 Å². The molecular weight excluding hydrogens is 356 g/mol. The van der Waals surface area contributed by atoms with Crippen molar-refractivity contribution in [2.24, 2.45) is 5.92 Å². The third-order valence-electron chi connectivity index (χ3n) is 5.77. The van der Waals surface area contributed by atoms with E-state index < -0.39 is 0 Å². The fourth-order valence-corrected chi connectivity index (χ4v) is 4.28. The Bertz CT molecular complexity index is 792. The zero-order chi connectivity index (χ0) is 19.5. The fraction of sp³-hybridized carbons (Fsp3) is 0.650. The molecule has 2 aromatic heterocycles. The van der Waals surface area contributed by atoms with Gasteiger partial charge in [0.25, 0.3) is 0 Å². The smallest absolute Gasteiger partial charge is 0.319 e. The molecule has 0 bridgehead atoms. The Balaban J connectivity index is 1.37. The van der Waals surface area contributed by atoms with Crippen LogP contribution in [0.5, 0.6) is 0 Å². The molecule has 8 nitrogen and oxygen atoms in total. The topological polar surface area (TPSA) is 84.3 Å². The number of carbonyl (C=O) groups is 1. The summed E-state index contributed by atoms with van der Waals surface area (Å²) in [6.45, 7) is 8.64. The standard InChI is InChI=1S/C20H30N6O2/c1-14(2)26-19-16(10-23-26)9-17(11-21-19)24-20(27)22-12-18(15-5-8-28-13-15)25-6-3-4-7-25/h9-11,14-15,18H,3-8,12-13H2,1-2H3,(H2,22,24,27). The lowest BCUT2D eigenvalue weighted by atomic mass is 9.97. The Morgan fingerprint density at radius 3 is 2.86 bits per heavy atom. The van der Waals surface area contributed by atoms with E-state index in [1.54, 1.807) is 12.4 Å². The van der Waals surface area contributed by atoms with Crippen LogP contribution in [0.1, 0.15) is 39.2 Å². The van der Waals surface area contributed by atoms with Gasteiger partial charge in [0.05, 0.1) is 24.7 Å². The molecule has 2 aliphatic rings. The number of hydrogen-bond acceptors (Lipinski definition) is 5. The summed E-state index contributed by atoms with van der Waals surface area (Å²) < 4.78 is 7.47. The summed E-state index contributed by atoms with van der Waals surface area (Å²) >= 11 is 0. The number of nitrogens with one attached hydrogen (secondary N) is 2. The number of ether oxygens (including phenoxy) is 1. The first-order valence-corrected chi connectivity index (χ1v) is 10.3. The van der Waals surface area contributed by atoms with Crippen molar-refractivity contribution in [3.05, 3.63) is 18.5 Å². The summed E-state index contributed by atoms with van der Waals surface area (Å²) in [5.41, 5.74) is 1.51. The Morgan fingerprint density at radius 2 is 2.14 bits per heavy atom. The van der Waals surface area contributed by atoms with Gasteiger partial charge in [0.2, 0.25) is 0 Å². The number of aromatic nitrogens is 3. The van der Waals surface area contributed by atoms with E-state index in [2.05, 4.69) is 39.5 Å². The van der Waals surface area contributed by atoms with Crippen LogP contribution in [0.25, 0.3) is 11.0 Å². The Hall–Kier alpha value is -2.19. The highest BCUT2D eigenvalue weighted by Crippen LogP contribution is 2.24. The summed E-state index contributed by atoms with van der Waals surface area (Å²) in [4.78, 5) is 19.5. The van der Waals surface area contributed by atoms with E-state index in [4.69, 9.17) is 4.74 Å². The number of urea groups is 1. The molecule has 2 amide bonds. The first-order chi connectivity index (χ1) is 13.6. The van der Waals surface area contributed by atoms with Crippen molar-refractivity contribution in [1.82, 2.24) is 25.0 Å². The average Bonchev–Trinajstić information content (AvgIpc) is 3.43. The molecule has 8 heteroatoms. The summed E-state index contributed by atoms with van der Waals surface area (Å²) in [6, 6.07) is 2.31. The number of rotatable bonds is 6. The highest BCUT2D eigenvalue weighted by molar-refractivity contribution is 5.91. The Labute approximate surface area is 165 Å². The maximum absolute atomic E-state index is 12.5. The Kier molecular flexibility index (Phi) is 5.77. The van der Waals surface area contributed by atoms with Crippen LogP contribution in [-0.2, 0) is 4.74 Å². The summed E-state index contributed by atoms with van der Waals surface area (Å²) in [5, 5.41) is 11.3. The van der Waals surface area contributed by atoms with E-state index in [-0.39, 0.29) is 12.1 Å². The van der Waals surface area contributed by atoms with Crippen molar-refractivity contribution in [3.63, 3.8) is 0 Å². The number of carbonyl (C=O) groups excluding carboxylic acids is 1. The van der Waals surface area contributed by atoms with Crippen LogP contribution >= 0.6 is 0 Å². The SMILES string of the molecule is CC(C)n1ncc2cc(NC(=O)NCC(C3CCOC3)N3CCCC3)cnc21. The monoisotopic (exact) mass is 386 g/mol. The number of likely N-dealkylation sites (tertiary alicyclic amines) is 1. The van der Waals surface area contributed by atoms with Crippen molar-refractivity contribution in [2.45, 2.75) is 45.2 Å². The second-order valence-corrected chi connectivity index (χ2v) is 8.09. The molecule has 0 radical (unpaired) electrons. The normalized spacial score (nSPS) is 21.5. The van der Waals surface area contributed by atoms with Gasteiger partial charge in [-0.1, -0.05) is 0 Å². The average molecular weight is 387 g/mol. The summed E-state index contributed by atoms with van der Waals surface area (Å²) in [6.07, 6.45) is 7.03. The molecule has 4 heterocycles. The van der Waals surface area contributed by atoms with Gasteiger partial charge in [0.1, 0.15) is 0 Å².